The lowest BCUT2D eigenvalue weighted by Gasteiger charge is -2.29. The summed E-state index contributed by atoms with van der Waals surface area (Å²) in [6, 6.07) is 3.68. The highest BCUT2D eigenvalue weighted by Crippen LogP contribution is 2.25. The minimum absolute atomic E-state index is 0.306. The average molecular weight is 287 g/mol. The molecule has 1 heterocycles. The summed E-state index contributed by atoms with van der Waals surface area (Å²) in [5.74, 6) is -0.268. The number of piperidine rings is 1. The van der Waals surface area contributed by atoms with E-state index in [1.54, 1.807) is 0 Å². The van der Waals surface area contributed by atoms with Gasteiger partial charge in [0.05, 0.1) is 6.61 Å². The Morgan fingerprint density at radius 1 is 1.37 bits per heavy atom. The number of benzene rings is 1. The minimum Gasteiger partial charge on any atom is -0.392 e. The first-order valence-corrected chi connectivity index (χ1v) is 7.78. The van der Waals surface area contributed by atoms with Crippen LogP contribution in [-0.2, 0) is 16.6 Å². The van der Waals surface area contributed by atoms with Crippen molar-refractivity contribution >= 4 is 10.0 Å². The summed E-state index contributed by atoms with van der Waals surface area (Å²) >= 11 is 0. The third-order valence-electron chi connectivity index (χ3n) is 3.54. The van der Waals surface area contributed by atoms with E-state index in [4.69, 9.17) is 5.11 Å². The van der Waals surface area contributed by atoms with E-state index in [0.29, 0.717) is 24.6 Å². The van der Waals surface area contributed by atoms with Gasteiger partial charge in [-0.3, -0.25) is 0 Å². The Kier molecular flexibility index (Phi) is 4.23. The molecule has 1 N–H and O–H groups in total. The SMILES string of the molecule is CC1CCN(S(=O)(=O)c2cc(CO)ccc2F)CC1. The molecule has 0 aliphatic carbocycles. The number of halogens is 1. The van der Waals surface area contributed by atoms with Gasteiger partial charge in [-0.1, -0.05) is 13.0 Å². The predicted octanol–water partition coefficient (Wildman–Crippen LogP) is 1.74. The van der Waals surface area contributed by atoms with Crippen molar-refractivity contribution in [1.29, 1.82) is 0 Å². The van der Waals surface area contributed by atoms with Crippen molar-refractivity contribution in [1.82, 2.24) is 4.31 Å². The molecule has 2 rings (SSSR count). The monoisotopic (exact) mass is 287 g/mol. The number of aliphatic hydroxyl groups excluding tert-OH is 1. The first-order valence-electron chi connectivity index (χ1n) is 6.34. The van der Waals surface area contributed by atoms with Crippen molar-refractivity contribution in [2.75, 3.05) is 13.1 Å². The first kappa shape index (κ1) is 14.4. The van der Waals surface area contributed by atoms with Crippen molar-refractivity contribution in [3.63, 3.8) is 0 Å². The molecule has 1 aromatic carbocycles. The fraction of sp³-hybridized carbons (Fsp3) is 0.538. The smallest absolute Gasteiger partial charge is 0.245 e. The minimum atomic E-state index is -3.80. The summed E-state index contributed by atoms with van der Waals surface area (Å²) in [6.07, 6.45) is 1.58. The Morgan fingerprint density at radius 2 is 2.00 bits per heavy atom. The lowest BCUT2D eigenvalue weighted by Crippen LogP contribution is -2.38. The number of hydrogen-bond donors (Lipinski definition) is 1. The Hall–Kier alpha value is -0.980. The molecule has 0 unspecified atom stereocenters. The molecule has 0 atom stereocenters. The van der Waals surface area contributed by atoms with Crippen LogP contribution < -0.4 is 0 Å². The Labute approximate surface area is 112 Å². The van der Waals surface area contributed by atoms with Gasteiger partial charge in [-0.05, 0) is 36.5 Å². The van der Waals surface area contributed by atoms with E-state index in [0.717, 1.165) is 18.9 Å². The van der Waals surface area contributed by atoms with Gasteiger partial charge in [-0.25, -0.2) is 12.8 Å². The zero-order valence-electron chi connectivity index (χ0n) is 10.8. The number of rotatable bonds is 3. The molecular formula is C13H18FNO3S. The van der Waals surface area contributed by atoms with Gasteiger partial charge in [-0.15, -0.1) is 0 Å². The van der Waals surface area contributed by atoms with Gasteiger partial charge in [0.15, 0.2) is 0 Å². The second-order valence-electron chi connectivity index (χ2n) is 5.01. The van der Waals surface area contributed by atoms with Crippen LogP contribution in [0, 0.1) is 11.7 Å². The largest absolute Gasteiger partial charge is 0.392 e. The second kappa shape index (κ2) is 5.56. The Morgan fingerprint density at radius 3 is 2.58 bits per heavy atom. The fourth-order valence-electron chi connectivity index (χ4n) is 2.21. The first-order chi connectivity index (χ1) is 8.95. The highest BCUT2D eigenvalue weighted by atomic mass is 32.2. The molecule has 1 aliphatic heterocycles. The molecule has 0 aromatic heterocycles. The summed E-state index contributed by atoms with van der Waals surface area (Å²) in [7, 11) is -3.80. The molecule has 0 spiro atoms. The standard InChI is InChI=1S/C13H18FNO3S/c1-10-4-6-15(7-5-10)19(17,18)13-8-11(9-16)2-3-12(13)14/h2-3,8,10,16H,4-7,9H2,1H3. The second-order valence-corrected chi connectivity index (χ2v) is 6.92. The van der Waals surface area contributed by atoms with E-state index in [-0.39, 0.29) is 11.5 Å². The Bertz CT molecular complexity index is 551. The third kappa shape index (κ3) is 2.96. The number of hydrogen-bond acceptors (Lipinski definition) is 3. The summed E-state index contributed by atoms with van der Waals surface area (Å²) in [4.78, 5) is -0.339. The molecule has 1 aromatic rings. The van der Waals surface area contributed by atoms with Crippen LogP contribution in [0.1, 0.15) is 25.3 Å². The molecule has 4 nitrogen and oxygen atoms in total. The molecule has 0 saturated carbocycles. The zero-order chi connectivity index (χ0) is 14.0. The van der Waals surface area contributed by atoms with E-state index in [1.807, 2.05) is 0 Å². The van der Waals surface area contributed by atoms with E-state index in [1.165, 1.54) is 16.4 Å². The summed E-state index contributed by atoms with van der Waals surface area (Å²) in [5, 5.41) is 9.03. The van der Waals surface area contributed by atoms with Crippen LogP contribution in [0.3, 0.4) is 0 Å². The summed E-state index contributed by atoms with van der Waals surface area (Å²) in [5.41, 5.74) is 0.394. The van der Waals surface area contributed by atoms with Gasteiger partial charge < -0.3 is 5.11 Å². The van der Waals surface area contributed by atoms with Crippen molar-refractivity contribution in [3.8, 4) is 0 Å². The van der Waals surface area contributed by atoms with Crippen LogP contribution in [0.25, 0.3) is 0 Å². The fourth-order valence-corrected chi connectivity index (χ4v) is 3.79. The lowest BCUT2D eigenvalue weighted by molar-refractivity contribution is 0.280. The normalized spacial score (nSPS) is 18.7. The van der Waals surface area contributed by atoms with Gasteiger partial charge in [0, 0.05) is 13.1 Å². The summed E-state index contributed by atoms with van der Waals surface area (Å²) < 4.78 is 39.8. The molecule has 0 radical (unpaired) electrons. The van der Waals surface area contributed by atoms with E-state index in [2.05, 4.69) is 6.92 Å². The lowest BCUT2D eigenvalue weighted by atomic mass is 10.0. The number of nitrogens with zero attached hydrogens (tertiary/aromatic N) is 1. The van der Waals surface area contributed by atoms with Crippen molar-refractivity contribution in [3.05, 3.63) is 29.6 Å². The maximum absolute atomic E-state index is 13.7. The number of aliphatic hydroxyl groups is 1. The molecule has 0 bridgehead atoms. The highest BCUT2D eigenvalue weighted by molar-refractivity contribution is 7.89. The number of sulfonamides is 1. The van der Waals surface area contributed by atoms with Gasteiger partial charge in [0.25, 0.3) is 0 Å². The molecule has 1 fully saturated rings. The van der Waals surface area contributed by atoms with Crippen molar-refractivity contribution in [2.45, 2.75) is 31.3 Å². The summed E-state index contributed by atoms with van der Waals surface area (Å²) in [6.45, 7) is 2.62. The van der Waals surface area contributed by atoms with E-state index < -0.39 is 15.8 Å². The van der Waals surface area contributed by atoms with E-state index in [9.17, 15) is 12.8 Å². The molecule has 6 heteroatoms. The van der Waals surface area contributed by atoms with Crippen LogP contribution in [-0.4, -0.2) is 30.9 Å². The van der Waals surface area contributed by atoms with Crippen molar-refractivity contribution < 1.29 is 17.9 Å². The zero-order valence-corrected chi connectivity index (χ0v) is 11.7. The van der Waals surface area contributed by atoms with Crippen LogP contribution in [0.15, 0.2) is 23.1 Å². The van der Waals surface area contributed by atoms with Gasteiger partial charge >= 0.3 is 0 Å². The van der Waals surface area contributed by atoms with Gasteiger partial charge in [0.2, 0.25) is 10.0 Å². The van der Waals surface area contributed by atoms with Gasteiger partial charge in [-0.2, -0.15) is 4.31 Å². The Balaban J connectivity index is 2.34. The average Bonchev–Trinajstić information content (AvgIpc) is 2.39. The topological polar surface area (TPSA) is 57.6 Å². The predicted molar refractivity (Wildman–Crippen MR) is 69.5 cm³/mol. The van der Waals surface area contributed by atoms with Crippen LogP contribution in [0.2, 0.25) is 0 Å². The van der Waals surface area contributed by atoms with Crippen molar-refractivity contribution in [2.24, 2.45) is 5.92 Å². The molecule has 0 amide bonds. The quantitative estimate of drug-likeness (QED) is 0.921. The van der Waals surface area contributed by atoms with E-state index >= 15 is 0 Å². The third-order valence-corrected chi connectivity index (χ3v) is 5.45. The molecule has 1 saturated heterocycles. The molecule has 106 valence electrons. The molecule has 19 heavy (non-hydrogen) atoms. The van der Waals surface area contributed by atoms with Crippen LogP contribution >= 0.6 is 0 Å². The highest BCUT2D eigenvalue weighted by Gasteiger charge is 2.30. The molecular weight excluding hydrogens is 269 g/mol. The maximum atomic E-state index is 13.7. The van der Waals surface area contributed by atoms with Crippen LogP contribution in [0.4, 0.5) is 4.39 Å². The maximum Gasteiger partial charge on any atom is 0.245 e. The molecule has 1 aliphatic rings. The van der Waals surface area contributed by atoms with Gasteiger partial charge in [0.1, 0.15) is 10.7 Å². The van der Waals surface area contributed by atoms with Crippen LogP contribution in [0.5, 0.6) is 0 Å².